The third-order valence-electron chi connectivity index (χ3n) is 7.85. The van der Waals surface area contributed by atoms with Crippen molar-refractivity contribution in [1.82, 2.24) is 10.3 Å². The molecular formula is C33H35N5O4. The van der Waals surface area contributed by atoms with Gasteiger partial charge in [-0.1, -0.05) is 30.3 Å². The highest BCUT2D eigenvalue weighted by molar-refractivity contribution is 6.06. The zero-order valence-corrected chi connectivity index (χ0v) is 23.9. The lowest BCUT2D eigenvalue weighted by atomic mass is 10.1. The lowest BCUT2D eigenvalue weighted by Crippen LogP contribution is -2.47. The number of aromatic nitrogens is 1. The number of nitrogens with one attached hydrogen (secondary N) is 2. The third kappa shape index (κ3) is 6.10. The second-order valence-electron chi connectivity index (χ2n) is 10.8. The first-order valence-electron chi connectivity index (χ1n) is 14.4. The van der Waals surface area contributed by atoms with E-state index in [-0.39, 0.29) is 17.5 Å². The number of nitrogens with zero attached hydrogens (tertiary/aromatic N) is 3. The molecule has 1 aliphatic carbocycles. The molecule has 2 heterocycles. The van der Waals surface area contributed by atoms with E-state index in [9.17, 15) is 9.59 Å². The molecule has 1 saturated carbocycles. The standard InChI is InChI=1S/C33H35N5O4/c1-22-6-3-4-9-29(22)37-14-16-38(17-15-37)30-13-12-25(31(39)34-20-23-7-5-8-26(18-23)41-2)19-27(30)35-32(40)28-21-42-33(36-28)24-10-11-24/h3-9,12-13,18-19,21,24H,10-11,14-17,20H2,1-2H3,(H,34,39)(H,35,40). The van der Waals surface area contributed by atoms with Crippen molar-refractivity contribution in [2.75, 3.05) is 48.4 Å². The van der Waals surface area contributed by atoms with E-state index in [4.69, 9.17) is 9.15 Å². The van der Waals surface area contributed by atoms with Gasteiger partial charge in [-0.15, -0.1) is 0 Å². The van der Waals surface area contributed by atoms with Gasteiger partial charge in [0.05, 0.1) is 18.5 Å². The van der Waals surface area contributed by atoms with E-state index in [1.54, 1.807) is 19.2 Å². The Labute approximate surface area is 245 Å². The van der Waals surface area contributed by atoms with Crippen molar-refractivity contribution in [1.29, 1.82) is 0 Å². The molecule has 0 atom stereocenters. The maximum Gasteiger partial charge on any atom is 0.277 e. The second kappa shape index (κ2) is 12.0. The van der Waals surface area contributed by atoms with Gasteiger partial charge >= 0.3 is 0 Å². The molecule has 0 radical (unpaired) electrons. The van der Waals surface area contributed by atoms with Gasteiger partial charge in [0.2, 0.25) is 0 Å². The van der Waals surface area contributed by atoms with Gasteiger partial charge in [-0.05, 0) is 67.3 Å². The Bertz CT molecular complexity index is 1590. The number of amides is 2. The number of benzene rings is 3. The van der Waals surface area contributed by atoms with E-state index in [0.717, 1.165) is 56.0 Å². The number of ether oxygens (including phenoxy) is 1. The predicted octanol–water partition coefficient (Wildman–Crippen LogP) is 5.38. The monoisotopic (exact) mass is 565 g/mol. The Balaban J connectivity index is 1.21. The summed E-state index contributed by atoms with van der Waals surface area (Å²) in [6.45, 7) is 5.71. The topological polar surface area (TPSA) is 99.9 Å². The van der Waals surface area contributed by atoms with Crippen molar-refractivity contribution in [3.8, 4) is 5.75 Å². The van der Waals surface area contributed by atoms with Gasteiger partial charge in [-0.3, -0.25) is 9.59 Å². The number of anilines is 3. The maximum atomic E-state index is 13.3. The van der Waals surface area contributed by atoms with Crippen LogP contribution in [-0.2, 0) is 6.54 Å². The van der Waals surface area contributed by atoms with Crippen molar-refractivity contribution in [3.05, 3.63) is 101 Å². The lowest BCUT2D eigenvalue weighted by Gasteiger charge is -2.38. The van der Waals surface area contributed by atoms with Crippen LogP contribution in [0.4, 0.5) is 17.1 Å². The van der Waals surface area contributed by atoms with E-state index >= 15 is 0 Å². The molecule has 1 saturated heterocycles. The van der Waals surface area contributed by atoms with Crippen molar-refractivity contribution >= 4 is 28.9 Å². The van der Waals surface area contributed by atoms with E-state index in [1.807, 2.05) is 30.3 Å². The highest BCUT2D eigenvalue weighted by atomic mass is 16.5. The zero-order valence-electron chi connectivity index (χ0n) is 23.9. The first-order valence-corrected chi connectivity index (χ1v) is 14.4. The summed E-state index contributed by atoms with van der Waals surface area (Å²) in [5, 5.41) is 5.99. The molecule has 6 rings (SSSR count). The van der Waals surface area contributed by atoms with Crippen LogP contribution in [-0.4, -0.2) is 50.1 Å². The molecule has 9 heteroatoms. The van der Waals surface area contributed by atoms with Crippen LogP contribution < -0.4 is 25.2 Å². The summed E-state index contributed by atoms with van der Waals surface area (Å²) >= 11 is 0. The fourth-order valence-electron chi connectivity index (χ4n) is 5.32. The first kappa shape index (κ1) is 27.4. The maximum absolute atomic E-state index is 13.3. The summed E-state index contributed by atoms with van der Waals surface area (Å²) in [5.74, 6) is 1.05. The largest absolute Gasteiger partial charge is 0.497 e. The molecule has 1 aromatic heterocycles. The minimum Gasteiger partial charge on any atom is -0.497 e. The highest BCUT2D eigenvalue weighted by Gasteiger charge is 2.30. The van der Waals surface area contributed by atoms with Crippen LogP contribution in [0.15, 0.2) is 77.4 Å². The van der Waals surface area contributed by atoms with Crippen molar-refractivity contribution in [2.45, 2.75) is 32.2 Å². The van der Waals surface area contributed by atoms with Gasteiger partial charge in [0.1, 0.15) is 12.0 Å². The number of carbonyl (C=O) groups excluding carboxylic acids is 2. The summed E-state index contributed by atoms with van der Waals surface area (Å²) in [4.78, 5) is 35.5. The normalized spacial score (nSPS) is 14.9. The van der Waals surface area contributed by atoms with Gasteiger partial charge in [0.15, 0.2) is 11.6 Å². The summed E-state index contributed by atoms with van der Waals surface area (Å²) in [6, 6.07) is 21.4. The van der Waals surface area contributed by atoms with E-state index in [1.165, 1.54) is 17.5 Å². The number of methoxy groups -OCH3 is 1. The van der Waals surface area contributed by atoms with Crippen LogP contribution in [0, 0.1) is 6.92 Å². The van der Waals surface area contributed by atoms with Gasteiger partial charge < -0.3 is 29.6 Å². The predicted molar refractivity (Wildman–Crippen MR) is 163 cm³/mol. The first-order chi connectivity index (χ1) is 20.5. The molecule has 4 aromatic rings. The van der Waals surface area contributed by atoms with E-state index < -0.39 is 0 Å². The van der Waals surface area contributed by atoms with Crippen molar-refractivity contribution < 1.29 is 18.7 Å². The molecule has 2 aliphatic rings. The Kier molecular flexibility index (Phi) is 7.81. The van der Waals surface area contributed by atoms with Crippen molar-refractivity contribution in [2.24, 2.45) is 0 Å². The fraction of sp³-hybridized carbons (Fsp3) is 0.303. The van der Waals surface area contributed by atoms with Crippen molar-refractivity contribution in [3.63, 3.8) is 0 Å². The van der Waals surface area contributed by atoms with Crippen LogP contribution in [0.25, 0.3) is 0 Å². The molecule has 0 spiro atoms. The van der Waals surface area contributed by atoms with Gasteiger partial charge in [-0.2, -0.15) is 0 Å². The molecular weight excluding hydrogens is 530 g/mol. The number of aryl methyl sites for hydroxylation is 1. The fourth-order valence-corrected chi connectivity index (χ4v) is 5.32. The number of oxazole rings is 1. The Hall–Kier alpha value is -4.79. The second-order valence-corrected chi connectivity index (χ2v) is 10.8. The average Bonchev–Trinajstić information content (AvgIpc) is 3.76. The molecule has 0 bridgehead atoms. The Morgan fingerprint density at radius 2 is 1.69 bits per heavy atom. The van der Waals surface area contributed by atoms with E-state index in [2.05, 4.69) is 56.6 Å². The van der Waals surface area contributed by atoms with Crippen LogP contribution in [0.3, 0.4) is 0 Å². The molecule has 42 heavy (non-hydrogen) atoms. The smallest absolute Gasteiger partial charge is 0.277 e. The molecule has 2 N–H and O–H groups in total. The van der Waals surface area contributed by atoms with Crippen LogP contribution in [0.5, 0.6) is 5.75 Å². The summed E-state index contributed by atoms with van der Waals surface area (Å²) in [5.41, 5.74) is 5.54. The minimum atomic E-state index is -0.362. The molecule has 2 fully saturated rings. The number of hydrogen-bond acceptors (Lipinski definition) is 7. The molecule has 9 nitrogen and oxygen atoms in total. The molecule has 216 valence electrons. The highest BCUT2D eigenvalue weighted by Crippen LogP contribution is 2.39. The van der Waals surface area contributed by atoms with Gasteiger partial charge in [-0.25, -0.2) is 4.98 Å². The Morgan fingerprint density at radius 1 is 0.929 bits per heavy atom. The number of hydrogen-bond donors (Lipinski definition) is 2. The Morgan fingerprint density at radius 3 is 2.43 bits per heavy atom. The number of rotatable bonds is 9. The summed E-state index contributed by atoms with van der Waals surface area (Å²) < 4.78 is 10.8. The molecule has 0 unspecified atom stereocenters. The molecule has 2 amide bonds. The SMILES string of the molecule is COc1cccc(CNC(=O)c2ccc(N3CCN(c4ccccc4C)CC3)c(NC(=O)c3coc(C4CC4)n3)c2)c1. The van der Waals surface area contributed by atoms with Gasteiger partial charge in [0.25, 0.3) is 11.8 Å². The zero-order chi connectivity index (χ0) is 29.1. The number of piperazine rings is 1. The minimum absolute atomic E-state index is 0.235. The van der Waals surface area contributed by atoms with Crippen LogP contribution >= 0.6 is 0 Å². The van der Waals surface area contributed by atoms with E-state index in [0.29, 0.717) is 29.6 Å². The molecule has 3 aromatic carbocycles. The lowest BCUT2D eigenvalue weighted by molar-refractivity contribution is 0.0949. The van der Waals surface area contributed by atoms with Crippen LogP contribution in [0.1, 0.15) is 56.6 Å². The molecule has 1 aliphatic heterocycles. The quantitative estimate of drug-likeness (QED) is 0.281. The average molecular weight is 566 g/mol. The summed E-state index contributed by atoms with van der Waals surface area (Å²) in [6.07, 6.45) is 3.48. The number of carbonyl (C=O) groups is 2. The van der Waals surface area contributed by atoms with Crippen LogP contribution in [0.2, 0.25) is 0 Å². The summed E-state index contributed by atoms with van der Waals surface area (Å²) in [7, 11) is 1.61. The van der Waals surface area contributed by atoms with Gasteiger partial charge in [0, 0.05) is 49.9 Å². The third-order valence-corrected chi connectivity index (χ3v) is 7.85. The number of para-hydroxylation sites is 1.